The van der Waals surface area contributed by atoms with Crippen LogP contribution in [0.25, 0.3) is 10.9 Å². The fourth-order valence-electron chi connectivity index (χ4n) is 2.64. The lowest BCUT2D eigenvalue weighted by atomic mass is 10.1. The Morgan fingerprint density at radius 3 is 2.84 bits per heavy atom. The number of rotatable bonds is 2. The van der Waals surface area contributed by atoms with Gasteiger partial charge in [-0.15, -0.1) is 0 Å². The molecule has 6 heteroatoms. The van der Waals surface area contributed by atoms with Gasteiger partial charge < -0.3 is 9.72 Å². The number of methoxy groups -OCH3 is 1. The molecule has 1 aliphatic rings. The molecule has 102 valence electrons. The molecular formula is C13H16N2O3S. The van der Waals surface area contributed by atoms with Crippen LogP contribution >= 0.6 is 0 Å². The molecular weight excluding hydrogens is 264 g/mol. The number of hydrogen-bond acceptors (Lipinski definition) is 3. The molecule has 1 aromatic carbocycles. The van der Waals surface area contributed by atoms with Crippen LogP contribution in [0.5, 0.6) is 5.75 Å². The first-order valence-corrected chi connectivity index (χ1v) is 7.97. The molecule has 5 nitrogen and oxygen atoms in total. The number of ether oxygens (including phenoxy) is 1. The highest BCUT2D eigenvalue weighted by Crippen LogP contribution is 2.33. The van der Waals surface area contributed by atoms with Crippen molar-refractivity contribution in [3.05, 3.63) is 29.5 Å². The zero-order chi connectivity index (χ0) is 13.6. The molecule has 2 aromatic rings. The Morgan fingerprint density at radius 2 is 2.16 bits per heavy atom. The van der Waals surface area contributed by atoms with Crippen molar-refractivity contribution in [1.82, 2.24) is 9.29 Å². The minimum atomic E-state index is -3.14. The minimum Gasteiger partial charge on any atom is -0.495 e. The Labute approximate surface area is 112 Å². The van der Waals surface area contributed by atoms with E-state index in [1.165, 1.54) is 10.6 Å². The number of hydrogen-bond donors (Lipinski definition) is 1. The van der Waals surface area contributed by atoms with E-state index in [0.717, 1.165) is 27.9 Å². The van der Waals surface area contributed by atoms with Crippen LogP contribution in [-0.4, -0.2) is 37.6 Å². The predicted molar refractivity (Wildman–Crippen MR) is 73.8 cm³/mol. The Balaban J connectivity index is 2.14. The molecule has 0 spiro atoms. The van der Waals surface area contributed by atoms with Crippen LogP contribution in [0.15, 0.2) is 18.2 Å². The maximum atomic E-state index is 11.7. The summed E-state index contributed by atoms with van der Waals surface area (Å²) in [6.45, 7) is 0.961. The van der Waals surface area contributed by atoms with Crippen LogP contribution in [-0.2, 0) is 23.0 Å². The maximum absolute atomic E-state index is 11.7. The molecule has 1 aromatic heterocycles. The Bertz CT molecular complexity index is 734. The van der Waals surface area contributed by atoms with E-state index in [0.29, 0.717) is 19.5 Å². The molecule has 0 aliphatic carbocycles. The number of nitrogens with one attached hydrogen (secondary N) is 1. The number of para-hydroxylation sites is 1. The van der Waals surface area contributed by atoms with E-state index in [1.54, 1.807) is 7.11 Å². The fraction of sp³-hybridized carbons (Fsp3) is 0.385. The topological polar surface area (TPSA) is 62.4 Å². The highest BCUT2D eigenvalue weighted by atomic mass is 32.2. The Hall–Kier alpha value is -1.53. The second-order valence-corrected chi connectivity index (χ2v) is 6.79. The number of H-pyrrole nitrogens is 1. The van der Waals surface area contributed by atoms with Gasteiger partial charge in [-0.2, -0.15) is 4.31 Å². The smallest absolute Gasteiger partial charge is 0.211 e. The maximum Gasteiger partial charge on any atom is 0.211 e. The molecule has 0 unspecified atom stereocenters. The number of aromatic amines is 1. The van der Waals surface area contributed by atoms with E-state index >= 15 is 0 Å². The van der Waals surface area contributed by atoms with Crippen molar-refractivity contribution in [1.29, 1.82) is 0 Å². The summed E-state index contributed by atoms with van der Waals surface area (Å²) < 4.78 is 30.2. The number of fused-ring (bicyclic) bond motifs is 3. The lowest BCUT2D eigenvalue weighted by Gasteiger charge is -2.24. The summed E-state index contributed by atoms with van der Waals surface area (Å²) in [6.07, 6.45) is 1.97. The molecule has 0 amide bonds. The van der Waals surface area contributed by atoms with Gasteiger partial charge in [0.05, 0.1) is 18.9 Å². The van der Waals surface area contributed by atoms with Gasteiger partial charge in [-0.25, -0.2) is 8.42 Å². The van der Waals surface area contributed by atoms with Crippen molar-refractivity contribution in [2.75, 3.05) is 19.9 Å². The normalized spacial score (nSPS) is 16.5. The highest BCUT2D eigenvalue weighted by Gasteiger charge is 2.26. The zero-order valence-electron chi connectivity index (χ0n) is 10.9. The Kier molecular flexibility index (Phi) is 2.79. The average Bonchev–Trinajstić information content (AvgIpc) is 2.75. The van der Waals surface area contributed by atoms with Crippen LogP contribution in [0.2, 0.25) is 0 Å². The molecule has 0 radical (unpaired) electrons. The van der Waals surface area contributed by atoms with Gasteiger partial charge in [0.2, 0.25) is 10.0 Å². The molecule has 0 bridgehead atoms. The quantitative estimate of drug-likeness (QED) is 0.906. The second kappa shape index (κ2) is 4.25. The van der Waals surface area contributed by atoms with E-state index in [4.69, 9.17) is 4.74 Å². The second-order valence-electron chi connectivity index (χ2n) is 4.81. The predicted octanol–water partition coefficient (Wildman–Crippen LogP) is 1.49. The molecule has 0 fully saturated rings. The first kappa shape index (κ1) is 12.5. The van der Waals surface area contributed by atoms with Gasteiger partial charge in [0, 0.05) is 30.6 Å². The summed E-state index contributed by atoms with van der Waals surface area (Å²) in [4.78, 5) is 3.36. The lowest BCUT2D eigenvalue weighted by molar-refractivity contribution is 0.394. The third-order valence-electron chi connectivity index (χ3n) is 3.63. The van der Waals surface area contributed by atoms with E-state index in [9.17, 15) is 8.42 Å². The number of benzene rings is 1. The first-order valence-electron chi connectivity index (χ1n) is 6.12. The molecule has 0 saturated heterocycles. The largest absolute Gasteiger partial charge is 0.495 e. The van der Waals surface area contributed by atoms with Gasteiger partial charge in [0.1, 0.15) is 5.75 Å². The van der Waals surface area contributed by atoms with E-state index < -0.39 is 10.0 Å². The van der Waals surface area contributed by atoms with Gasteiger partial charge in [0.25, 0.3) is 0 Å². The fourth-order valence-corrected chi connectivity index (χ4v) is 3.43. The molecule has 1 N–H and O–H groups in total. The summed E-state index contributed by atoms with van der Waals surface area (Å²) >= 11 is 0. The van der Waals surface area contributed by atoms with Gasteiger partial charge >= 0.3 is 0 Å². The number of nitrogens with zero attached hydrogens (tertiary/aromatic N) is 1. The third kappa shape index (κ3) is 2.01. The SMILES string of the molecule is COc1cccc2c3c([nH]c12)CCN(S(C)(=O)=O)C3. The van der Waals surface area contributed by atoms with Crippen molar-refractivity contribution in [2.24, 2.45) is 0 Å². The molecule has 1 aliphatic heterocycles. The van der Waals surface area contributed by atoms with Gasteiger partial charge in [-0.05, 0) is 11.6 Å². The van der Waals surface area contributed by atoms with Crippen LogP contribution in [0.3, 0.4) is 0 Å². The third-order valence-corrected chi connectivity index (χ3v) is 4.88. The summed E-state index contributed by atoms with van der Waals surface area (Å²) in [5, 5.41) is 1.04. The van der Waals surface area contributed by atoms with Crippen molar-refractivity contribution in [3.8, 4) is 5.75 Å². The summed E-state index contributed by atoms with van der Waals surface area (Å²) in [7, 11) is -1.51. The summed E-state index contributed by atoms with van der Waals surface area (Å²) in [5.41, 5.74) is 3.12. The molecule has 0 saturated carbocycles. The number of sulfonamides is 1. The summed E-state index contributed by atoms with van der Waals surface area (Å²) in [6, 6.07) is 5.83. The van der Waals surface area contributed by atoms with Crippen LogP contribution in [0.1, 0.15) is 11.3 Å². The van der Waals surface area contributed by atoms with Gasteiger partial charge in [0.15, 0.2) is 0 Å². The van der Waals surface area contributed by atoms with Gasteiger partial charge in [-0.1, -0.05) is 12.1 Å². The van der Waals surface area contributed by atoms with Crippen molar-refractivity contribution >= 4 is 20.9 Å². The minimum absolute atomic E-state index is 0.432. The molecule has 2 heterocycles. The van der Waals surface area contributed by atoms with Crippen LogP contribution < -0.4 is 4.74 Å². The zero-order valence-corrected chi connectivity index (χ0v) is 11.8. The van der Waals surface area contributed by atoms with E-state index in [2.05, 4.69) is 4.98 Å². The lowest BCUT2D eigenvalue weighted by Crippen LogP contribution is -2.34. The standard InChI is InChI=1S/C13H16N2O3S/c1-18-12-5-3-4-9-10-8-15(19(2,16)17)7-6-11(10)14-13(9)12/h3-5,14H,6-8H2,1-2H3. The molecule has 19 heavy (non-hydrogen) atoms. The van der Waals surface area contributed by atoms with E-state index in [-0.39, 0.29) is 0 Å². The first-order chi connectivity index (χ1) is 9.00. The molecule has 0 atom stereocenters. The highest BCUT2D eigenvalue weighted by molar-refractivity contribution is 7.88. The average molecular weight is 280 g/mol. The van der Waals surface area contributed by atoms with Crippen molar-refractivity contribution in [2.45, 2.75) is 13.0 Å². The van der Waals surface area contributed by atoms with E-state index in [1.807, 2.05) is 18.2 Å². The van der Waals surface area contributed by atoms with Crippen LogP contribution in [0.4, 0.5) is 0 Å². The monoisotopic (exact) mass is 280 g/mol. The van der Waals surface area contributed by atoms with Crippen LogP contribution in [0, 0.1) is 0 Å². The number of aromatic nitrogens is 1. The summed E-state index contributed by atoms with van der Waals surface area (Å²) in [5.74, 6) is 0.790. The Morgan fingerprint density at radius 1 is 1.37 bits per heavy atom. The molecule has 3 rings (SSSR count). The van der Waals surface area contributed by atoms with Crippen molar-refractivity contribution < 1.29 is 13.2 Å². The van der Waals surface area contributed by atoms with Crippen molar-refractivity contribution in [3.63, 3.8) is 0 Å². The van der Waals surface area contributed by atoms with Gasteiger partial charge in [-0.3, -0.25) is 0 Å².